The van der Waals surface area contributed by atoms with Crippen LogP contribution in [0.2, 0.25) is 0 Å². The van der Waals surface area contributed by atoms with Crippen molar-refractivity contribution >= 4 is 17.5 Å². The highest BCUT2D eigenvalue weighted by atomic mass is 32.2. The summed E-state index contributed by atoms with van der Waals surface area (Å²) in [6.45, 7) is 9.32. The topological polar surface area (TPSA) is 49.3 Å². The van der Waals surface area contributed by atoms with Crippen LogP contribution in [0.5, 0.6) is 0 Å². The number of rotatable bonds is 2. The van der Waals surface area contributed by atoms with Crippen molar-refractivity contribution in [2.75, 3.05) is 13.1 Å². The molecule has 1 saturated heterocycles. The average Bonchev–Trinajstić information content (AvgIpc) is 3.26. The molecule has 0 unspecified atom stereocenters. The molecular formula is C24H39NO2S. The molecule has 5 fully saturated rings. The van der Waals surface area contributed by atoms with Crippen LogP contribution in [-0.2, 0) is 4.79 Å². The average molecular weight is 406 g/mol. The number of Topliss-reactive ketones (excluding diaryl/α,β-unsaturated/α-hetero) is 1. The first-order valence-corrected chi connectivity index (χ1v) is 12.8. The van der Waals surface area contributed by atoms with Gasteiger partial charge in [0.25, 0.3) is 0 Å². The van der Waals surface area contributed by atoms with E-state index in [1.54, 1.807) is 0 Å². The molecule has 1 heterocycles. The third kappa shape index (κ3) is 2.66. The number of aliphatic hydroxyl groups is 1. The van der Waals surface area contributed by atoms with Crippen molar-refractivity contribution in [3.63, 3.8) is 0 Å². The predicted molar refractivity (Wildman–Crippen MR) is 115 cm³/mol. The Bertz CT molecular complexity index is 649. The van der Waals surface area contributed by atoms with Gasteiger partial charge >= 0.3 is 0 Å². The molecule has 5 rings (SSSR count). The van der Waals surface area contributed by atoms with Crippen LogP contribution in [-0.4, -0.2) is 40.1 Å². The molecule has 4 saturated carbocycles. The number of hydrogen-bond donors (Lipinski definition) is 2. The lowest BCUT2D eigenvalue weighted by atomic mass is 9.41. The summed E-state index contributed by atoms with van der Waals surface area (Å²) in [5.41, 5.74) is -0.547. The van der Waals surface area contributed by atoms with E-state index in [1.165, 1.54) is 19.3 Å². The number of nitrogens with one attached hydrogen (secondary N) is 1. The third-order valence-electron chi connectivity index (χ3n) is 10.3. The minimum absolute atomic E-state index is 0.0350. The highest BCUT2D eigenvalue weighted by Crippen LogP contribution is 2.68. The first-order chi connectivity index (χ1) is 13.3. The van der Waals surface area contributed by atoms with Crippen molar-refractivity contribution in [3.8, 4) is 0 Å². The highest BCUT2D eigenvalue weighted by Gasteiger charge is 2.66. The molecule has 0 spiro atoms. The smallest absolute Gasteiger partial charge is 0.139 e. The first-order valence-electron chi connectivity index (χ1n) is 11.9. The molecule has 5 aliphatic rings. The van der Waals surface area contributed by atoms with Crippen LogP contribution < -0.4 is 5.32 Å². The second kappa shape index (κ2) is 6.72. The Labute approximate surface area is 175 Å². The number of thioether (sulfide) groups is 1. The summed E-state index contributed by atoms with van der Waals surface area (Å²) in [4.78, 5) is 12.7. The van der Waals surface area contributed by atoms with Gasteiger partial charge in [-0.3, -0.25) is 4.79 Å². The van der Waals surface area contributed by atoms with E-state index in [2.05, 4.69) is 37.8 Å². The van der Waals surface area contributed by atoms with Crippen LogP contribution in [0.4, 0.5) is 0 Å². The zero-order valence-corrected chi connectivity index (χ0v) is 18.8. The Morgan fingerprint density at radius 2 is 1.89 bits per heavy atom. The van der Waals surface area contributed by atoms with Crippen molar-refractivity contribution < 1.29 is 9.90 Å². The molecule has 9 atom stereocenters. The standard InChI is InChI=1S/C24H39NO2S/c1-15-12-18-19-4-5-21(26)22(19,2)9-7-20(18)23(3)10-6-16(13-24(15,23)27)28-17-8-11-25-14-17/h15-20,25,27H,4-14H2,1-3H3/t15-,16+,17+,18-,19-,20-,22-,23+,24-/m0/s1. The molecule has 0 amide bonds. The molecule has 3 nitrogen and oxygen atoms in total. The Morgan fingerprint density at radius 3 is 2.64 bits per heavy atom. The predicted octanol–water partition coefficient (Wildman–Crippen LogP) is 4.42. The van der Waals surface area contributed by atoms with E-state index in [0.717, 1.165) is 56.9 Å². The monoisotopic (exact) mass is 405 g/mol. The fourth-order valence-corrected chi connectivity index (χ4v) is 10.2. The summed E-state index contributed by atoms with van der Waals surface area (Å²) in [5, 5.41) is 17.0. The van der Waals surface area contributed by atoms with Crippen LogP contribution in [0.15, 0.2) is 0 Å². The van der Waals surface area contributed by atoms with Crippen molar-refractivity contribution in [2.45, 2.75) is 94.7 Å². The fraction of sp³-hybridized carbons (Fsp3) is 0.958. The summed E-state index contributed by atoms with van der Waals surface area (Å²) in [7, 11) is 0. The van der Waals surface area contributed by atoms with Gasteiger partial charge in [-0.25, -0.2) is 0 Å². The van der Waals surface area contributed by atoms with Gasteiger partial charge in [-0.15, -0.1) is 0 Å². The molecular weight excluding hydrogens is 366 g/mol. The van der Waals surface area contributed by atoms with Gasteiger partial charge in [-0.1, -0.05) is 20.8 Å². The third-order valence-corrected chi connectivity index (χ3v) is 11.9. The van der Waals surface area contributed by atoms with Crippen molar-refractivity contribution in [1.29, 1.82) is 0 Å². The second-order valence-electron chi connectivity index (χ2n) is 11.4. The molecule has 0 aromatic heterocycles. The lowest BCUT2D eigenvalue weighted by Gasteiger charge is -2.65. The van der Waals surface area contributed by atoms with Crippen molar-refractivity contribution in [3.05, 3.63) is 0 Å². The molecule has 0 aromatic carbocycles. The molecule has 4 aliphatic carbocycles. The van der Waals surface area contributed by atoms with Gasteiger partial charge in [0.05, 0.1) is 5.60 Å². The van der Waals surface area contributed by atoms with Crippen LogP contribution in [0.25, 0.3) is 0 Å². The summed E-state index contributed by atoms with van der Waals surface area (Å²) < 4.78 is 0. The van der Waals surface area contributed by atoms with Gasteiger partial charge in [0.2, 0.25) is 0 Å². The molecule has 2 N–H and O–H groups in total. The normalized spacial score (nSPS) is 56.2. The van der Waals surface area contributed by atoms with E-state index in [9.17, 15) is 9.90 Å². The largest absolute Gasteiger partial charge is 0.389 e. The van der Waals surface area contributed by atoms with Crippen LogP contribution in [0, 0.1) is 34.5 Å². The summed E-state index contributed by atoms with van der Waals surface area (Å²) in [6.07, 6.45) is 9.94. The molecule has 158 valence electrons. The van der Waals surface area contributed by atoms with Crippen LogP contribution in [0.3, 0.4) is 0 Å². The Kier molecular flexibility index (Phi) is 4.77. The molecule has 1 aliphatic heterocycles. The van der Waals surface area contributed by atoms with Crippen molar-refractivity contribution in [2.24, 2.45) is 34.5 Å². The Hall–Kier alpha value is -0.0600. The highest BCUT2D eigenvalue weighted by molar-refractivity contribution is 8.00. The number of carbonyl (C=O) groups excluding carboxylic acids is 1. The summed E-state index contributed by atoms with van der Waals surface area (Å²) in [5.74, 6) is 2.70. The maximum absolute atomic E-state index is 12.7. The number of ketones is 1. The van der Waals surface area contributed by atoms with E-state index in [4.69, 9.17) is 0 Å². The van der Waals surface area contributed by atoms with Gasteiger partial charge in [0.1, 0.15) is 5.78 Å². The van der Waals surface area contributed by atoms with Gasteiger partial charge in [-0.05, 0) is 87.0 Å². The zero-order valence-electron chi connectivity index (χ0n) is 18.0. The van der Waals surface area contributed by atoms with Crippen LogP contribution >= 0.6 is 11.8 Å². The Balaban J connectivity index is 1.39. The van der Waals surface area contributed by atoms with E-state index >= 15 is 0 Å². The van der Waals surface area contributed by atoms with E-state index in [1.807, 2.05) is 0 Å². The molecule has 0 radical (unpaired) electrons. The quantitative estimate of drug-likeness (QED) is 0.714. The van der Waals surface area contributed by atoms with E-state index in [0.29, 0.717) is 34.7 Å². The van der Waals surface area contributed by atoms with Crippen molar-refractivity contribution in [1.82, 2.24) is 5.32 Å². The second-order valence-corrected chi connectivity index (χ2v) is 13.0. The van der Waals surface area contributed by atoms with Crippen LogP contribution in [0.1, 0.15) is 78.6 Å². The van der Waals surface area contributed by atoms with E-state index in [-0.39, 0.29) is 10.8 Å². The summed E-state index contributed by atoms with van der Waals surface area (Å²) >= 11 is 2.16. The number of hydrogen-bond acceptors (Lipinski definition) is 4. The van der Waals surface area contributed by atoms with Gasteiger partial charge in [0, 0.05) is 28.9 Å². The zero-order chi connectivity index (χ0) is 19.7. The van der Waals surface area contributed by atoms with Gasteiger partial charge < -0.3 is 10.4 Å². The molecule has 4 heteroatoms. The molecule has 28 heavy (non-hydrogen) atoms. The lowest BCUT2D eigenvalue weighted by Crippen LogP contribution is -2.66. The number of fused-ring (bicyclic) bond motifs is 5. The minimum Gasteiger partial charge on any atom is -0.389 e. The SMILES string of the molecule is C[C@H]1C[C@H]2[C@@H]3CCC(=O)[C@@]3(C)CC[C@@H]2[C@@]2(C)CC[C@@H](S[C@@H]3CCNC3)C[C@]12O. The fourth-order valence-electron chi connectivity index (χ4n) is 8.54. The molecule has 0 aromatic rings. The lowest BCUT2D eigenvalue weighted by molar-refractivity contribution is -0.226. The van der Waals surface area contributed by atoms with Gasteiger partial charge in [0.15, 0.2) is 0 Å². The number of carbonyl (C=O) groups is 1. The Morgan fingerprint density at radius 1 is 1.07 bits per heavy atom. The first kappa shape index (κ1) is 19.9. The van der Waals surface area contributed by atoms with Gasteiger partial charge in [-0.2, -0.15) is 11.8 Å². The maximum Gasteiger partial charge on any atom is 0.139 e. The summed E-state index contributed by atoms with van der Waals surface area (Å²) in [6, 6.07) is 0. The minimum atomic E-state index is -0.521. The maximum atomic E-state index is 12.7. The van der Waals surface area contributed by atoms with E-state index < -0.39 is 5.60 Å². The molecule has 0 bridgehead atoms.